The van der Waals surface area contributed by atoms with Gasteiger partial charge in [-0.25, -0.2) is 23.1 Å². The van der Waals surface area contributed by atoms with E-state index in [1.165, 1.54) is 25.2 Å². The second kappa shape index (κ2) is 4.42. The summed E-state index contributed by atoms with van der Waals surface area (Å²) in [6.07, 6.45) is 7.46. The predicted molar refractivity (Wildman–Crippen MR) is 71.2 cm³/mol. The first kappa shape index (κ1) is 12.8. The molecule has 2 N–H and O–H groups in total. The van der Waals surface area contributed by atoms with Gasteiger partial charge in [0, 0.05) is 13.6 Å². The topological polar surface area (TPSA) is 84.0 Å². The molecule has 0 aliphatic heterocycles. The standard InChI is InChI=1S/C12H18N4O2S/c1-13-11-14-6-10(7-15-11)19(17,18)16-8-12(4-5-12)9-2-3-9/h6-7,9,16H,2-5,8H2,1H3,(H,13,14,15). The summed E-state index contributed by atoms with van der Waals surface area (Å²) in [6, 6.07) is 0. The minimum absolute atomic E-state index is 0.123. The Balaban J connectivity index is 1.67. The van der Waals surface area contributed by atoms with Crippen molar-refractivity contribution in [3.8, 4) is 0 Å². The molecule has 2 aliphatic rings. The number of nitrogens with zero attached hydrogens (tertiary/aromatic N) is 2. The van der Waals surface area contributed by atoms with Crippen molar-refractivity contribution in [1.82, 2.24) is 14.7 Å². The van der Waals surface area contributed by atoms with Gasteiger partial charge in [0.25, 0.3) is 0 Å². The molecule has 1 aromatic heterocycles. The van der Waals surface area contributed by atoms with Crippen molar-refractivity contribution in [2.45, 2.75) is 30.6 Å². The Labute approximate surface area is 113 Å². The molecule has 7 heteroatoms. The van der Waals surface area contributed by atoms with E-state index >= 15 is 0 Å². The molecule has 3 rings (SSSR count). The molecule has 1 aromatic rings. The van der Waals surface area contributed by atoms with Gasteiger partial charge in [-0.05, 0) is 37.0 Å². The first-order chi connectivity index (χ1) is 9.06. The average molecular weight is 282 g/mol. The summed E-state index contributed by atoms with van der Waals surface area (Å²) in [7, 11) is -1.80. The zero-order chi connectivity index (χ0) is 13.5. The van der Waals surface area contributed by atoms with Crippen LogP contribution in [0.15, 0.2) is 17.3 Å². The van der Waals surface area contributed by atoms with Gasteiger partial charge < -0.3 is 5.32 Å². The number of anilines is 1. The van der Waals surface area contributed by atoms with E-state index in [0.29, 0.717) is 12.5 Å². The molecule has 0 saturated heterocycles. The average Bonchev–Trinajstić information content (AvgIpc) is 3.29. The van der Waals surface area contributed by atoms with E-state index in [1.54, 1.807) is 7.05 Å². The van der Waals surface area contributed by atoms with Crippen molar-refractivity contribution < 1.29 is 8.42 Å². The summed E-state index contributed by atoms with van der Waals surface area (Å²) in [6.45, 7) is 0.549. The predicted octanol–water partition coefficient (Wildman–Crippen LogP) is 0.987. The van der Waals surface area contributed by atoms with Crippen LogP contribution in [0, 0.1) is 11.3 Å². The Hall–Kier alpha value is -1.21. The molecular weight excluding hydrogens is 264 g/mol. The lowest BCUT2D eigenvalue weighted by molar-refractivity contribution is 0.432. The van der Waals surface area contributed by atoms with Gasteiger partial charge in [-0.3, -0.25) is 0 Å². The van der Waals surface area contributed by atoms with Crippen molar-refractivity contribution >= 4 is 16.0 Å². The number of nitrogens with one attached hydrogen (secondary N) is 2. The molecule has 0 bridgehead atoms. The van der Waals surface area contributed by atoms with Crippen LogP contribution < -0.4 is 10.0 Å². The van der Waals surface area contributed by atoms with Crippen molar-refractivity contribution in [1.29, 1.82) is 0 Å². The van der Waals surface area contributed by atoms with Crippen molar-refractivity contribution in [3.05, 3.63) is 12.4 Å². The second-order valence-corrected chi connectivity index (χ2v) is 7.22. The van der Waals surface area contributed by atoms with Crippen LogP contribution in [-0.2, 0) is 10.0 Å². The van der Waals surface area contributed by atoms with Crippen LogP contribution in [0.3, 0.4) is 0 Å². The largest absolute Gasteiger partial charge is 0.357 e. The fourth-order valence-corrected chi connectivity index (χ4v) is 3.52. The van der Waals surface area contributed by atoms with E-state index in [1.807, 2.05) is 0 Å². The van der Waals surface area contributed by atoms with Gasteiger partial charge in [0.05, 0.1) is 12.4 Å². The number of hydrogen-bond donors (Lipinski definition) is 2. The molecule has 1 heterocycles. The fraction of sp³-hybridized carbons (Fsp3) is 0.667. The third kappa shape index (κ3) is 2.57. The normalized spacial score (nSPS) is 21.1. The summed E-state index contributed by atoms with van der Waals surface area (Å²) in [5, 5.41) is 2.76. The third-order valence-corrected chi connectivity index (χ3v) is 5.47. The molecule has 2 fully saturated rings. The second-order valence-electron chi connectivity index (χ2n) is 5.45. The van der Waals surface area contributed by atoms with Gasteiger partial charge in [-0.2, -0.15) is 0 Å². The lowest BCUT2D eigenvalue weighted by Crippen LogP contribution is -2.31. The molecule has 2 aliphatic carbocycles. The first-order valence-corrected chi connectivity index (χ1v) is 8.04. The van der Waals surface area contributed by atoms with Gasteiger partial charge in [-0.15, -0.1) is 0 Å². The van der Waals surface area contributed by atoms with E-state index in [4.69, 9.17) is 0 Å². The number of rotatable bonds is 6. The van der Waals surface area contributed by atoms with Gasteiger partial charge >= 0.3 is 0 Å². The Morgan fingerprint density at radius 2 is 1.95 bits per heavy atom. The van der Waals surface area contributed by atoms with E-state index in [-0.39, 0.29) is 10.3 Å². The molecule has 19 heavy (non-hydrogen) atoms. The highest BCUT2D eigenvalue weighted by atomic mass is 32.2. The molecule has 2 saturated carbocycles. The molecule has 104 valence electrons. The van der Waals surface area contributed by atoms with Crippen LogP contribution in [0.5, 0.6) is 0 Å². The molecule has 0 unspecified atom stereocenters. The molecule has 0 aromatic carbocycles. The van der Waals surface area contributed by atoms with Gasteiger partial charge in [0.15, 0.2) is 0 Å². The first-order valence-electron chi connectivity index (χ1n) is 6.55. The van der Waals surface area contributed by atoms with E-state index < -0.39 is 10.0 Å². The molecule has 0 atom stereocenters. The highest BCUT2D eigenvalue weighted by Crippen LogP contribution is 2.60. The summed E-state index contributed by atoms with van der Waals surface area (Å²) >= 11 is 0. The smallest absolute Gasteiger partial charge is 0.243 e. The number of sulfonamides is 1. The zero-order valence-electron chi connectivity index (χ0n) is 10.9. The fourth-order valence-electron chi connectivity index (χ4n) is 2.49. The molecular formula is C12H18N4O2S. The highest BCUT2D eigenvalue weighted by Gasteiger charge is 2.53. The molecule has 0 amide bonds. The van der Waals surface area contributed by atoms with Crippen molar-refractivity contribution in [3.63, 3.8) is 0 Å². The minimum atomic E-state index is -3.49. The molecule has 6 nitrogen and oxygen atoms in total. The van der Waals surface area contributed by atoms with Crippen molar-refractivity contribution in [2.75, 3.05) is 18.9 Å². The van der Waals surface area contributed by atoms with Crippen LogP contribution in [0.25, 0.3) is 0 Å². The zero-order valence-corrected chi connectivity index (χ0v) is 11.7. The SMILES string of the molecule is CNc1ncc(S(=O)(=O)NCC2(C3CC3)CC2)cn1. The van der Waals surface area contributed by atoms with Crippen LogP contribution in [0.1, 0.15) is 25.7 Å². The van der Waals surface area contributed by atoms with E-state index in [0.717, 1.165) is 18.8 Å². The van der Waals surface area contributed by atoms with Crippen molar-refractivity contribution in [2.24, 2.45) is 11.3 Å². The Kier molecular flexibility index (Phi) is 2.98. The quantitative estimate of drug-likeness (QED) is 0.813. The van der Waals surface area contributed by atoms with Crippen LogP contribution in [0.4, 0.5) is 5.95 Å². The number of aromatic nitrogens is 2. The van der Waals surface area contributed by atoms with E-state index in [2.05, 4.69) is 20.0 Å². The van der Waals surface area contributed by atoms with Gasteiger partial charge in [-0.1, -0.05) is 0 Å². The minimum Gasteiger partial charge on any atom is -0.357 e. The monoisotopic (exact) mass is 282 g/mol. The Bertz CT molecular complexity index is 562. The van der Waals surface area contributed by atoms with Crippen LogP contribution >= 0.6 is 0 Å². The summed E-state index contributed by atoms with van der Waals surface area (Å²) in [4.78, 5) is 7.98. The maximum absolute atomic E-state index is 12.1. The Morgan fingerprint density at radius 3 is 2.42 bits per heavy atom. The molecule has 0 spiro atoms. The summed E-state index contributed by atoms with van der Waals surface area (Å²) in [5.74, 6) is 1.15. The lowest BCUT2D eigenvalue weighted by Gasteiger charge is -2.15. The van der Waals surface area contributed by atoms with Crippen LogP contribution in [-0.4, -0.2) is 32.0 Å². The summed E-state index contributed by atoms with van der Waals surface area (Å²) in [5.41, 5.74) is 0.249. The maximum atomic E-state index is 12.1. The van der Waals surface area contributed by atoms with Crippen LogP contribution in [0.2, 0.25) is 0 Å². The van der Waals surface area contributed by atoms with Gasteiger partial charge in [0.1, 0.15) is 4.90 Å². The Morgan fingerprint density at radius 1 is 1.32 bits per heavy atom. The van der Waals surface area contributed by atoms with E-state index in [9.17, 15) is 8.42 Å². The lowest BCUT2D eigenvalue weighted by atomic mass is 10.0. The maximum Gasteiger partial charge on any atom is 0.243 e. The third-order valence-electron chi connectivity index (χ3n) is 4.11. The van der Waals surface area contributed by atoms with Gasteiger partial charge in [0.2, 0.25) is 16.0 Å². The highest BCUT2D eigenvalue weighted by molar-refractivity contribution is 7.89. The molecule has 0 radical (unpaired) electrons. The number of hydrogen-bond acceptors (Lipinski definition) is 5. The summed E-state index contributed by atoms with van der Waals surface area (Å²) < 4.78 is 27.0.